The van der Waals surface area contributed by atoms with Crippen molar-refractivity contribution >= 4 is 0 Å². The zero-order valence-electron chi connectivity index (χ0n) is 10.9. The predicted molar refractivity (Wildman–Crippen MR) is 68.1 cm³/mol. The Morgan fingerprint density at radius 2 is 2.24 bits per heavy atom. The minimum atomic E-state index is -0.336. The number of nitrogens with zero attached hydrogens (tertiary/aromatic N) is 1. The summed E-state index contributed by atoms with van der Waals surface area (Å²) in [5.41, 5.74) is 0. The molecule has 1 aliphatic carbocycles. The highest BCUT2D eigenvalue weighted by Crippen LogP contribution is 2.28. The molecule has 0 bridgehead atoms. The number of methoxy groups -OCH3 is 1. The van der Waals surface area contributed by atoms with Crippen molar-refractivity contribution < 1.29 is 9.84 Å². The third-order valence-electron chi connectivity index (χ3n) is 3.76. The standard InChI is InChI=1S/C13H26N2O2/c1-17-10-13(16)9-15(12-4-5-12)8-11-3-2-6-14-7-11/h11-14,16H,2-10H2,1H3. The summed E-state index contributed by atoms with van der Waals surface area (Å²) in [6.45, 7) is 4.68. The zero-order chi connectivity index (χ0) is 12.1. The highest BCUT2D eigenvalue weighted by molar-refractivity contribution is 4.87. The van der Waals surface area contributed by atoms with Crippen LogP contribution < -0.4 is 5.32 Å². The molecule has 0 aromatic carbocycles. The second-order valence-electron chi connectivity index (χ2n) is 5.51. The van der Waals surface area contributed by atoms with Crippen molar-refractivity contribution in [2.24, 2.45) is 5.92 Å². The van der Waals surface area contributed by atoms with E-state index in [9.17, 15) is 5.11 Å². The largest absolute Gasteiger partial charge is 0.389 e. The third-order valence-corrected chi connectivity index (χ3v) is 3.76. The molecule has 2 unspecified atom stereocenters. The molecule has 4 heteroatoms. The average Bonchev–Trinajstić information content (AvgIpc) is 3.14. The first-order chi connectivity index (χ1) is 8.29. The maximum absolute atomic E-state index is 9.84. The molecule has 2 rings (SSSR count). The van der Waals surface area contributed by atoms with Gasteiger partial charge in [0.15, 0.2) is 0 Å². The second kappa shape index (κ2) is 6.69. The lowest BCUT2D eigenvalue weighted by Gasteiger charge is -2.31. The van der Waals surface area contributed by atoms with Crippen molar-refractivity contribution in [3.05, 3.63) is 0 Å². The van der Waals surface area contributed by atoms with Crippen LogP contribution in [0.15, 0.2) is 0 Å². The van der Waals surface area contributed by atoms with Crippen LogP contribution in [0.3, 0.4) is 0 Å². The molecule has 100 valence electrons. The van der Waals surface area contributed by atoms with Crippen molar-refractivity contribution in [1.82, 2.24) is 10.2 Å². The Morgan fingerprint density at radius 3 is 2.82 bits per heavy atom. The van der Waals surface area contributed by atoms with Crippen LogP contribution in [-0.2, 0) is 4.74 Å². The summed E-state index contributed by atoms with van der Waals surface area (Å²) in [5.74, 6) is 0.763. The number of aliphatic hydroxyl groups excluding tert-OH is 1. The van der Waals surface area contributed by atoms with Crippen molar-refractivity contribution in [2.45, 2.75) is 37.8 Å². The predicted octanol–water partition coefficient (Wildman–Crippen LogP) is 0.458. The maximum Gasteiger partial charge on any atom is 0.0900 e. The van der Waals surface area contributed by atoms with Crippen LogP contribution in [0.4, 0.5) is 0 Å². The van der Waals surface area contributed by atoms with Gasteiger partial charge in [0.05, 0.1) is 12.7 Å². The van der Waals surface area contributed by atoms with E-state index in [0.29, 0.717) is 6.61 Å². The van der Waals surface area contributed by atoms with Crippen molar-refractivity contribution in [3.8, 4) is 0 Å². The number of piperidine rings is 1. The van der Waals surface area contributed by atoms with Crippen LogP contribution >= 0.6 is 0 Å². The Hall–Kier alpha value is -0.160. The first-order valence-corrected chi connectivity index (χ1v) is 6.91. The van der Waals surface area contributed by atoms with Crippen molar-refractivity contribution in [1.29, 1.82) is 0 Å². The minimum Gasteiger partial charge on any atom is -0.389 e. The quantitative estimate of drug-likeness (QED) is 0.681. The lowest BCUT2D eigenvalue weighted by molar-refractivity contribution is 0.0308. The fourth-order valence-corrected chi connectivity index (χ4v) is 2.74. The zero-order valence-corrected chi connectivity index (χ0v) is 10.9. The first-order valence-electron chi connectivity index (χ1n) is 6.91. The molecular weight excluding hydrogens is 216 g/mol. The van der Waals surface area contributed by atoms with E-state index >= 15 is 0 Å². The summed E-state index contributed by atoms with van der Waals surface area (Å²) in [5, 5.41) is 13.3. The van der Waals surface area contributed by atoms with E-state index in [2.05, 4.69) is 10.2 Å². The molecule has 1 heterocycles. The van der Waals surface area contributed by atoms with E-state index in [-0.39, 0.29) is 6.10 Å². The van der Waals surface area contributed by atoms with Gasteiger partial charge in [-0.15, -0.1) is 0 Å². The minimum absolute atomic E-state index is 0.336. The Morgan fingerprint density at radius 1 is 1.41 bits per heavy atom. The van der Waals surface area contributed by atoms with Crippen molar-refractivity contribution in [3.63, 3.8) is 0 Å². The van der Waals surface area contributed by atoms with Crippen LogP contribution in [0.1, 0.15) is 25.7 Å². The Bertz CT molecular complexity index is 215. The van der Waals surface area contributed by atoms with E-state index < -0.39 is 0 Å². The third kappa shape index (κ3) is 4.54. The van der Waals surface area contributed by atoms with Gasteiger partial charge >= 0.3 is 0 Å². The SMILES string of the molecule is COCC(O)CN(CC1CCCNC1)C1CC1. The molecule has 2 N–H and O–H groups in total. The van der Waals surface area contributed by atoms with Gasteiger partial charge in [0.1, 0.15) is 0 Å². The molecule has 1 aliphatic heterocycles. The molecule has 17 heavy (non-hydrogen) atoms. The Labute approximate surface area is 104 Å². The fourth-order valence-electron chi connectivity index (χ4n) is 2.74. The second-order valence-corrected chi connectivity index (χ2v) is 5.51. The van der Waals surface area contributed by atoms with Gasteiger partial charge in [0.2, 0.25) is 0 Å². The van der Waals surface area contributed by atoms with E-state index in [4.69, 9.17) is 4.74 Å². The lowest BCUT2D eigenvalue weighted by atomic mass is 9.99. The lowest BCUT2D eigenvalue weighted by Crippen LogP contribution is -2.43. The van der Waals surface area contributed by atoms with E-state index in [0.717, 1.165) is 31.6 Å². The van der Waals surface area contributed by atoms with Crippen LogP contribution in [0.25, 0.3) is 0 Å². The van der Waals surface area contributed by atoms with Crippen LogP contribution in [-0.4, -0.2) is 62.0 Å². The summed E-state index contributed by atoms with van der Waals surface area (Å²) in [6.07, 6.45) is 4.90. The molecule has 0 aromatic heterocycles. The van der Waals surface area contributed by atoms with Gasteiger partial charge in [-0.3, -0.25) is 4.90 Å². The summed E-state index contributed by atoms with van der Waals surface area (Å²) < 4.78 is 5.01. The molecule has 0 aromatic rings. The van der Waals surface area contributed by atoms with Crippen molar-refractivity contribution in [2.75, 3.05) is 39.9 Å². The Balaban J connectivity index is 1.75. The average molecular weight is 242 g/mol. The molecule has 1 saturated heterocycles. The molecule has 0 spiro atoms. The smallest absolute Gasteiger partial charge is 0.0900 e. The maximum atomic E-state index is 9.84. The van der Waals surface area contributed by atoms with Gasteiger partial charge in [0, 0.05) is 26.2 Å². The summed E-state index contributed by atoms with van der Waals surface area (Å²) >= 11 is 0. The molecule has 2 aliphatic rings. The summed E-state index contributed by atoms with van der Waals surface area (Å²) in [7, 11) is 1.65. The molecular formula is C13H26N2O2. The first kappa shape index (κ1) is 13.3. The van der Waals surface area contributed by atoms with Gasteiger partial charge in [0.25, 0.3) is 0 Å². The molecule has 2 fully saturated rings. The monoisotopic (exact) mass is 242 g/mol. The highest BCUT2D eigenvalue weighted by atomic mass is 16.5. The van der Waals surface area contributed by atoms with Crippen LogP contribution in [0.5, 0.6) is 0 Å². The van der Waals surface area contributed by atoms with E-state index in [1.165, 1.54) is 32.2 Å². The van der Waals surface area contributed by atoms with Gasteiger partial charge in [-0.2, -0.15) is 0 Å². The van der Waals surface area contributed by atoms with Crippen LogP contribution in [0.2, 0.25) is 0 Å². The number of nitrogens with one attached hydrogen (secondary N) is 1. The molecule has 1 saturated carbocycles. The van der Waals surface area contributed by atoms with Gasteiger partial charge in [-0.05, 0) is 44.7 Å². The number of hydrogen-bond acceptors (Lipinski definition) is 4. The number of ether oxygens (including phenoxy) is 1. The highest BCUT2D eigenvalue weighted by Gasteiger charge is 2.31. The number of aliphatic hydroxyl groups is 1. The summed E-state index contributed by atoms with van der Waals surface area (Å²) in [6, 6.07) is 0.725. The molecule has 2 atom stereocenters. The molecule has 0 radical (unpaired) electrons. The van der Waals surface area contributed by atoms with Crippen LogP contribution in [0, 0.1) is 5.92 Å². The van der Waals surface area contributed by atoms with Gasteiger partial charge in [-0.1, -0.05) is 0 Å². The topological polar surface area (TPSA) is 44.7 Å². The molecule has 4 nitrogen and oxygen atoms in total. The van der Waals surface area contributed by atoms with E-state index in [1.807, 2.05) is 0 Å². The summed E-state index contributed by atoms with van der Waals surface area (Å²) in [4.78, 5) is 2.47. The Kier molecular flexibility index (Phi) is 5.22. The van der Waals surface area contributed by atoms with Gasteiger partial charge in [-0.25, -0.2) is 0 Å². The van der Waals surface area contributed by atoms with Gasteiger partial charge < -0.3 is 15.2 Å². The number of hydrogen-bond donors (Lipinski definition) is 2. The van der Waals surface area contributed by atoms with E-state index in [1.54, 1.807) is 7.11 Å². The number of rotatable bonds is 7. The molecule has 0 amide bonds. The normalized spacial score (nSPS) is 27.4. The fraction of sp³-hybridized carbons (Fsp3) is 1.00.